The Hall–Kier alpha value is -0.920. The first-order chi connectivity index (χ1) is 9.74. The van der Waals surface area contributed by atoms with Crippen LogP contribution in [0, 0.1) is 12.8 Å². The molecule has 0 radical (unpaired) electrons. The Balaban J connectivity index is 2.37. The number of benzene rings is 1. The molecule has 0 bridgehead atoms. The lowest BCUT2D eigenvalue weighted by Crippen LogP contribution is -2.29. The monoisotopic (exact) mass is 374 g/mol. The Labute approximate surface area is 133 Å². The zero-order valence-corrected chi connectivity index (χ0v) is 14.5. The van der Waals surface area contributed by atoms with Crippen molar-refractivity contribution >= 4 is 31.9 Å². The second kappa shape index (κ2) is 6.06. The third-order valence-electron chi connectivity index (χ3n) is 4.00. The minimum Gasteiger partial charge on any atom is -0.338 e. The van der Waals surface area contributed by atoms with Crippen LogP contribution in [0.15, 0.2) is 21.5 Å². The van der Waals surface area contributed by atoms with E-state index in [-0.39, 0.29) is 10.8 Å². The molecule has 116 valence electrons. The van der Waals surface area contributed by atoms with Gasteiger partial charge in [0, 0.05) is 23.1 Å². The Bertz CT molecular complexity index is 673. The summed E-state index contributed by atoms with van der Waals surface area (Å²) in [5.74, 6) is 0.386. The zero-order valence-electron chi connectivity index (χ0n) is 12.1. The van der Waals surface area contributed by atoms with Crippen LogP contribution in [0.5, 0.6) is 0 Å². The van der Waals surface area contributed by atoms with Gasteiger partial charge in [-0.15, -0.1) is 0 Å². The molecule has 1 aromatic rings. The Morgan fingerprint density at radius 1 is 1.48 bits per heavy atom. The molecule has 0 spiro atoms. The molecule has 1 heterocycles. The highest BCUT2D eigenvalue weighted by molar-refractivity contribution is 9.10. The number of nitrogens with zero attached hydrogens (tertiary/aromatic N) is 1. The summed E-state index contributed by atoms with van der Waals surface area (Å²) in [6, 6.07) is 3.03. The molecule has 1 fully saturated rings. The second-order valence-electron chi connectivity index (χ2n) is 5.44. The highest BCUT2D eigenvalue weighted by atomic mass is 79.9. The summed E-state index contributed by atoms with van der Waals surface area (Å²) >= 11 is 3.30. The minimum absolute atomic E-state index is 0.00790. The average molecular weight is 375 g/mol. The van der Waals surface area contributed by atoms with E-state index in [0.717, 1.165) is 19.4 Å². The summed E-state index contributed by atoms with van der Waals surface area (Å²) < 4.78 is 23.8. The van der Waals surface area contributed by atoms with Crippen LogP contribution in [0.3, 0.4) is 0 Å². The van der Waals surface area contributed by atoms with E-state index in [9.17, 15) is 13.2 Å². The lowest BCUT2D eigenvalue weighted by molar-refractivity contribution is 0.0786. The summed E-state index contributed by atoms with van der Waals surface area (Å²) in [4.78, 5) is 14.3. The summed E-state index contributed by atoms with van der Waals surface area (Å²) in [6.45, 7) is 5.21. The topological polar surface area (TPSA) is 80.5 Å². The van der Waals surface area contributed by atoms with Gasteiger partial charge in [-0.2, -0.15) is 0 Å². The van der Waals surface area contributed by atoms with Gasteiger partial charge in [0.2, 0.25) is 10.0 Å². The van der Waals surface area contributed by atoms with Crippen molar-refractivity contribution in [3.8, 4) is 0 Å². The van der Waals surface area contributed by atoms with Crippen LogP contribution >= 0.6 is 15.9 Å². The molecule has 1 saturated heterocycles. The van der Waals surface area contributed by atoms with Gasteiger partial charge in [0.05, 0.1) is 4.90 Å². The summed E-state index contributed by atoms with van der Waals surface area (Å²) in [6.07, 6.45) is 2.04. The SMILES string of the molecule is CCC1CCN(C(=O)c2cc(Br)c(C)c(S(N)(=O)=O)c2)C1. The minimum atomic E-state index is -3.85. The first-order valence-corrected chi connectivity index (χ1v) is 9.20. The van der Waals surface area contributed by atoms with Gasteiger partial charge in [-0.05, 0) is 37.0 Å². The number of likely N-dealkylation sites (tertiary alicyclic amines) is 1. The van der Waals surface area contributed by atoms with Crippen LogP contribution in [0.1, 0.15) is 35.7 Å². The molecule has 2 rings (SSSR count). The highest BCUT2D eigenvalue weighted by Gasteiger charge is 2.27. The van der Waals surface area contributed by atoms with Crippen LogP contribution < -0.4 is 5.14 Å². The molecule has 1 aromatic carbocycles. The van der Waals surface area contributed by atoms with Crippen molar-refractivity contribution in [1.29, 1.82) is 0 Å². The summed E-state index contributed by atoms with van der Waals surface area (Å²) in [5.41, 5.74) is 0.871. The first-order valence-electron chi connectivity index (χ1n) is 6.86. The molecule has 0 aromatic heterocycles. The van der Waals surface area contributed by atoms with Gasteiger partial charge in [0.25, 0.3) is 5.91 Å². The van der Waals surface area contributed by atoms with Crippen LogP contribution in [0.25, 0.3) is 0 Å². The van der Waals surface area contributed by atoms with Gasteiger partial charge >= 0.3 is 0 Å². The number of sulfonamides is 1. The predicted octanol–water partition coefficient (Wildman–Crippen LogP) is 2.28. The maximum atomic E-state index is 12.5. The van der Waals surface area contributed by atoms with Crippen molar-refractivity contribution in [3.63, 3.8) is 0 Å². The van der Waals surface area contributed by atoms with E-state index in [1.807, 2.05) is 0 Å². The fourth-order valence-corrected chi connectivity index (χ4v) is 4.02. The molecule has 5 nitrogen and oxygen atoms in total. The van der Waals surface area contributed by atoms with E-state index in [0.29, 0.717) is 28.1 Å². The van der Waals surface area contributed by atoms with E-state index in [1.165, 1.54) is 6.07 Å². The van der Waals surface area contributed by atoms with Crippen LogP contribution in [-0.4, -0.2) is 32.3 Å². The van der Waals surface area contributed by atoms with E-state index < -0.39 is 10.0 Å². The molecule has 0 aliphatic carbocycles. The molecule has 7 heteroatoms. The summed E-state index contributed by atoms with van der Waals surface area (Å²) in [7, 11) is -3.85. The molecule has 1 atom stereocenters. The van der Waals surface area contributed by atoms with Crippen molar-refractivity contribution in [2.24, 2.45) is 11.1 Å². The number of carbonyl (C=O) groups excluding carboxylic acids is 1. The zero-order chi connectivity index (χ0) is 15.8. The molecule has 1 aliphatic rings. The number of rotatable bonds is 3. The fourth-order valence-electron chi connectivity index (χ4n) is 2.61. The van der Waals surface area contributed by atoms with Crippen molar-refractivity contribution < 1.29 is 13.2 Å². The maximum absolute atomic E-state index is 12.5. The fraction of sp³-hybridized carbons (Fsp3) is 0.500. The van der Waals surface area contributed by atoms with Crippen LogP contribution in [0.2, 0.25) is 0 Å². The van der Waals surface area contributed by atoms with Crippen molar-refractivity contribution in [3.05, 3.63) is 27.7 Å². The first kappa shape index (κ1) is 16.5. The Morgan fingerprint density at radius 3 is 2.67 bits per heavy atom. The number of hydrogen-bond acceptors (Lipinski definition) is 3. The Morgan fingerprint density at radius 2 is 2.14 bits per heavy atom. The van der Waals surface area contributed by atoms with Gasteiger partial charge < -0.3 is 4.90 Å². The summed E-state index contributed by atoms with van der Waals surface area (Å²) in [5, 5.41) is 5.22. The molecule has 2 N–H and O–H groups in total. The standard InChI is InChI=1S/C14H19BrN2O3S/c1-3-10-4-5-17(8-10)14(18)11-6-12(15)9(2)13(7-11)21(16,19)20/h6-7,10H,3-5,8H2,1-2H3,(H2,16,19,20). The lowest BCUT2D eigenvalue weighted by atomic mass is 10.1. The average Bonchev–Trinajstić information content (AvgIpc) is 2.88. The normalized spacial score (nSPS) is 19.0. The number of halogens is 1. The molecule has 21 heavy (non-hydrogen) atoms. The third-order valence-corrected chi connectivity index (χ3v) is 5.86. The molecule has 1 aliphatic heterocycles. The van der Waals surface area contributed by atoms with E-state index in [4.69, 9.17) is 5.14 Å². The predicted molar refractivity (Wildman–Crippen MR) is 84.6 cm³/mol. The van der Waals surface area contributed by atoms with Gasteiger partial charge in [0.1, 0.15) is 0 Å². The van der Waals surface area contributed by atoms with Crippen LogP contribution in [0.4, 0.5) is 0 Å². The number of hydrogen-bond donors (Lipinski definition) is 1. The number of nitrogens with two attached hydrogens (primary N) is 1. The van der Waals surface area contributed by atoms with E-state index >= 15 is 0 Å². The third kappa shape index (κ3) is 3.46. The van der Waals surface area contributed by atoms with Gasteiger partial charge in [-0.3, -0.25) is 4.79 Å². The smallest absolute Gasteiger partial charge is 0.253 e. The lowest BCUT2D eigenvalue weighted by Gasteiger charge is -2.17. The maximum Gasteiger partial charge on any atom is 0.253 e. The molecule has 1 amide bonds. The largest absolute Gasteiger partial charge is 0.338 e. The Kier molecular flexibility index (Phi) is 4.75. The molecule has 1 unspecified atom stereocenters. The van der Waals surface area contributed by atoms with E-state index in [2.05, 4.69) is 22.9 Å². The van der Waals surface area contributed by atoms with Gasteiger partial charge in [-0.25, -0.2) is 13.6 Å². The van der Waals surface area contributed by atoms with Crippen molar-refractivity contribution in [2.75, 3.05) is 13.1 Å². The second-order valence-corrected chi connectivity index (χ2v) is 7.82. The quantitative estimate of drug-likeness (QED) is 0.880. The molecular weight excluding hydrogens is 356 g/mol. The molecular formula is C14H19BrN2O3S. The van der Waals surface area contributed by atoms with Crippen LogP contribution in [-0.2, 0) is 10.0 Å². The number of amides is 1. The molecule has 0 saturated carbocycles. The van der Waals surface area contributed by atoms with Gasteiger partial charge in [0.15, 0.2) is 0 Å². The van der Waals surface area contributed by atoms with Gasteiger partial charge in [-0.1, -0.05) is 29.3 Å². The highest BCUT2D eigenvalue weighted by Crippen LogP contribution is 2.27. The van der Waals surface area contributed by atoms with Crippen molar-refractivity contribution in [1.82, 2.24) is 4.90 Å². The van der Waals surface area contributed by atoms with Crippen molar-refractivity contribution in [2.45, 2.75) is 31.6 Å². The number of carbonyl (C=O) groups is 1. The number of primary sulfonamides is 1. The van der Waals surface area contributed by atoms with E-state index in [1.54, 1.807) is 17.9 Å².